The Morgan fingerprint density at radius 2 is 2.03 bits per heavy atom. The Kier molecular flexibility index (Phi) is 7.86. The molecule has 1 fully saturated rings. The Hall–Kier alpha value is -2.78. The summed E-state index contributed by atoms with van der Waals surface area (Å²) in [5.41, 5.74) is 1.24. The molecular formula is C23H31ClN6O3. The largest absolute Gasteiger partial charge is 0.459 e. The van der Waals surface area contributed by atoms with E-state index in [1.54, 1.807) is 25.1 Å². The maximum atomic E-state index is 12.9. The van der Waals surface area contributed by atoms with Crippen molar-refractivity contribution in [2.75, 3.05) is 26.2 Å². The smallest absolute Gasteiger partial charge is 0.320 e. The Labute approximate surface area is 199 Å². The van der Waals surface area contributed by atoms with Crippen molar-refractivity contribution in [3.8, 4) is 0 Å². The van der Waals surface area contributed by atoms with Crippen LogP contribution < -0.4 is 0 Å². The molecule has 1 atom stereocenters. The zero-order valence-corrected chi connectivity index (χ0v) is 20.5. The first-order chi connectivity index (χ1) is 15.5. The monoisotopic (exact) mass is 474 g/mol. The molecule has 0 unspecified atom stereocenters. The van der Waals surface area contributed by atoms with Gasteiger partial charge < -0.3 is 9.64 Å². The number of amides is 1. The summed E-state index contributed by atoms with van der Waals surface area (Å²) in [6, 6.07) is 5.47. The molecule has 0 N–H and O–H groups in total. The van der Waals surface area contributed by atoms with Crippen molar-refractivity contribution in [3.05, 3.63) is 46.2 Å². The normalized spacial score (nSPS) is 17.5. The number of nitrogens with zero attached hydrogens (tertiary/aromatic N) is 6. The maximum absolute atomic E-state index is 12.9. The van der Waals surface area contributed by atoms with Crippen molar-refractivity contribution in [1.29, 1.82) is 0 Å². The molecule has 3 rings (SSSR count). The summed E-state index contributed by atoms with van der Waals surface area (Å²) in [6.45, 7) is 11.7. The van der Waals surface area contributed by atoms with Gasteiger partial charge >= 0.3 is 5.97 Å². The number of aryl methyl sites for hydroxylation is 1. The Morgan fingerprint density at radius 1 is 1.27 bits per heavy atom. The van der Waals surface area contributed by atoms with Crippen LogP contribution in [-0.2, 0) is 20.9 Å². The molecular weight excluding hydrogens is 444 g/mol. The topological polar surface area (TPSA) is 93.5 Å². The van der Waals surface area contributed by atoms with E-state index < -0.39 is 5.60 Å². The SMILES string of the molecule is Cc1nnn(Cc2cc(Cl)ccc2C=CC(=O)N2CCN(CC(=O)OC(C)(C)C)C[C@H]2C)n1. The Bertz CT molecular complexity index is 1030. The van der Waals surface area contributed by atoms with Crippen molar-refractivity contribution < 1.29 is 14.3 Å². The molecule has 2 heterocycles. The van der Waals surface area contributed by atoms with E-state index in [1.165, 1.54) is 4.80 Å². The second kappa shape index (κ2) is 10.4. The van der Waals surface area contributed by atoms with Crippen LogP contribution in [0.15, 0.2) is 24.3 Å². The summed E-state index contributed by atoms with van der Waals surface area (Å²) >= 11 is 6.17. The minimum atomic E-state index is -0.505. The number of tetrazole rings is 1. The zero-order valence-electron chi connectivity index (χ0n) is 19.8. The van der Waals surface area contributed by atoms with Crippen molar-refractivity contribution >= 4 is 29.6 Å². The average molecular weight is 475 g/mol. The van der Waals surface area contributed by atoms with E-state index in [9.17, 15) is 9.59 Å². The molecule has 1 aliphatic rings. The van der Waals surface area contributed by atoms with Crippen LogP contribution in [0.25, 0.3) is 6.08 Å². The molecule has 0 radical (unpaired) electrons. The minimum Gasteiger partial charge on any atom is -0.459 e. The maximum Gasteiger partial charge on any atom is 0.320 e. The number of benzene rings is 1. The Morgan fingerprint density at radius 3 is 2.67 bits per heavy atom. The fraction of sp³-hybridized carbons (Fsp3) is 0.522. The van der Waals surface area contributed by atoms with E-state index in [-0.39, 0.29) is 24.5 Å². The van der Waals surface area contributed by atoms with Crippen LogP contribution >= 0.6 is 11.6 Å². The van der Waals surface area contributed by atoms with Gasteiger partial charge in [0.2, 0.25) is 5.91 Å². The van der Waals surface area contributed by atoms with Crippen LogP contribution in [-0.4, -0.2) is 79.7 Å². The highest BCUT2D eigenvalue weighted by Crippen LogP contribution is 2.19. The average Bonchev–Trinajstić information content (AvgIpc) is 3.10. The molecule has 2 aromatic rings. The molecule has 33 heavy (non-hydrogen) atoms. The number of hydrogen-bond acceptors (Lipinski definition) is 7. The lowest BCUT2D eigenvalue weighted by atomic mass is 10.1. The van der Waals surface area contributed by atoms with E-state index in [4.69, 9.17) is 16.3 Å². The van der Waals surface area contributed by atoms with Crippen LogP contribution in [0.5, 0.6) is 0 Å². The van der Waals surface area contributed by atoms with Gasteiger partial charge in [-0.2, -0.15) is 4.80 Å². The third kappa shape index (κ3) is 7.36. The lowest BCUT2D eigenvalue weighted by molar-refractivity contribution is -0.156. The van der Waals surface area contributed by atoms with Gasteiger partial charge in [0, 0.05) is 36.8 Å². The molecule has 0 spiro atoms. The first kappa shape index (κ1) is 24.9. The van der Waals surface area contributed by atoms with Gasteiger partial charge in [0.15, 0.2) is 5.82 Å². The first-order valence-electron chi connectivity index (χ1n) is 11.0. The van der Waals surface area contributed by atoms with E-state index >= 15 is 0 Å². The number of ether oxygens (including phenoxy) is 1. The van der Waals surface area contributed by atoms with Crippen molar-refractivity contribution in [2.24, 2.45) is 0 Å². The third-order valence-electron chi connectivity index (χ3n) is 5.14. The van der Waals surface area contributed by atoms with Gasteiger partial charge in [-0.1, -0.05) is 17.7 Å². The highest BCUT2D eigenvalue weighted by atomic mass is 35.5. The number of piperazine rings is 1. The summed E-state index contributed by atoms with van der Waals surface area (Å²) in [5.74, 6) is 0.265. The van der Waals surface area contributed by atoms with Crippen molar-refractivity contribution in [1.82, 2.24) is 30.0 Å². The van der Waals surface area contributed by atoms with E-state index in [0.29, 0.717) is 37.0 Å². The molecule has 0 aliphatic carbocycles. The van der Waals surface area contributed by atoms with E-state index in [1.807, 2.05) is 49.6 Å². The van der Waals surface area contributed by atoms with Gasteiger partial charge in [0.25, 0.3) is 0 Å². The quantitative estimate of drug-likeness (QED) is 0.469. The molecule has 1 saturated heterocycles. The van der Waals surface area contributed by atoms with Gasteiger partial charge in [-0.15, -0.1) is 10.2 Å². The number of hydrogen-bond donors (Lipinski definition) is 0. The summed E-state index contributed by atoms with van der Waals surface area (Å²) in [7, 11) is 0. The van der Waals surface area contributed by atoms with Gasteiger partial charge in [-0.25, -0.2) is 0 Å². The van der Waals surface area contributed by atoms with Crippen LogP contribution in [0.4, 0.5) is 0 Å². The van der Waals surface area contributed by atoms with E-state index in [2.05, 4.69) is 15.4 Å². The van der Waals surface area contributed by atoms with Gasteiger partial charge in [-0.05, 0) is 69.2 Å². The minimum absolute atomic E-state index is 0.0228. The molecule has 1 aromatic heterocycles. The van der Waals surface area contributed by atoms with Crippen LogP contribution in [0.3, 0.4) is 0 Å². The lowest BCUT2D eigenvalue weighted by Crippen LogP contribution is -2.54. The lowest BCUT2D eigenvalue weighted by Gasteiger charge is -2.39. The fourth-order valence-electron chi connectivity index (χ4n) is 3.73. The van der Waals surface area contributed by atoms with Gasteiger partial charge in [-0.3, -0.25) is 14.5 Å². The predicted molar refractivity (Wildman–Crippen MR) is 126 cm³/mol. The summed E-state index contributed by atoms with van der Waals surface area (Å²) in [5, 5.41) is 12.7. The first-order valence-corrected chi connectivity index (χ1v) is 11.3. The molecule has 0 bridgehead atoms. The standard InChI is InChI=1S/C23H31ClN6O3/c1-16-13-28(15-22(32)33-23(3,4)5)10-11-29(16)21(31)9-7-18-6-8-20(24)12-19(18)14-30-26-17(2)25-27-30/h6-9,12,16H,10-11,13-15H2,1-5H3/t16-/m1/s1. The fourth-order valence-corrected chi connectivity index (χ4v) is 3.93. The zero-order chi connectivity index (χ0) is 24.2. The number of halogens is 1. The van der Waals surface area contributed by atoms with E-state index in [0.717, 1.165) is 11.1 Å². The molecule has 1 aromatic carbocycles. The summed E-state index contributed by atoms with van der Waals surface area (Å²) < 4.78 is 5.40. The van der Waals surface area contributed by atoms with Crippen LogP contribution in [0.2, 0.25) is 5.02 Å². The molecule has 178 valence electrons. The predicted octanol–water partition coefficient (Wildman–Crippen LogP) is 2.57. The van der Waals surface area contributed by atoms with Crippen LogP contribution in [0.1, 0.15) is 44.6 Å². The molecule has 10 heteroatoms. The van der Waals surface area contributed by atoms with Gasteiger partial charge in [0.05, 0.1) is 13.1 Å². The summed E-state index contributed by atoms with van der Waals surface area (Å²) in [6.07, 6.45) is 3.37. The van der Waals surface area contributed by atoms with Crippen molar-refractivity contribution in [3.63, 3.8) is 0 Å². The molecule has 9 nitrogen and oxygen atoms in total. The van der Waals surface area contributed by atoms with Gasteiger partial charge in [0.1, 0.15) is 5.60 Å². The number of aromatic nitrogens is 4. The summed E-state index contributed by atoms with van der Waals surface area (Å²) in [4.78, 5) is 30.4. The molecule has 1 aliphatic heterocycles. The second-order valence-electron chi connectivity index (χ2n) is 9.25. The number of esters is 1. The molecule has 1 amide bonds. The highest BCUT2D eigenvalue weighted by Gasteiger charge is 2.28. The highest BCUT2D eigenvalue weighted by molar-refractivity contribution is 6.30. The Balaban J connectivity index is 1.61. The van der Waals surface area contributed by atoms with Crippen LogP contribution in [0, 0.1) is 6.92 Å². The number of rotatable bonds is 6. The number of carbonyl (C=O) groups excluding carboxylic acids is 2. The third-order valence-corrected chi connectivity index (χ3v) is 5.38. The van der Waals surface area contributed by atoms with Crippen molar-refractivity contribution in [2.45, 2.75) is 52.8 Å². The molecule has 0 saturated carbocycles. The second-order valence-corrected chi connectivity index (χ2v) is 9.68. The number of carbonyl (C=O) groups is 2.